The maximum Gasteiger partial charge on any atom is 0.336 e. The molecule has 5 aromatic rings. The van der Waals surface area contributed by atoms with E-state index in [1.807, 2.05) is 30.3 Å². The molecule has 0 radical (unpaired) electrons. The summed E-state index contributed by atoms with van der Waals surface area (Å²) in [5.41, 5.74) is 2.37. The molecule has 0 atom stereocenters. The first-order chi connectivity index (χ1) is 13.1. The fourth-order valence-corrected chi connectivity index (χ4v) is 3.64. The molecule has 0 aliphatic rings. The van der Waals surface area contributed by atoms with Crippen molar-refractivity contribution in [2.75, 3.05) is 0 Å². The SMILES string of the molecule is O=C(O)c1ccccc1/C=c1/c2ccccc2c2[nH]c(=O)c3nccn3c12. The first-order valence-corrected chi connectivity index (χ1v) is 8.38. The molecule has 0 saturated heterocycles. The van der Waals surface area contributed by atoms with Gasteiger partial charge in [0.2, 0.25) is 5.65 Å². The van der Waals surface area contributed by atoms with Gasteiger partial charge in [0.1, 0.15) is 0 Å². The minimum absolute atomic E-state index is 0.224. The first-order valence-electron chi connectivity index (χ1n) is 8.38. The van der Waals surface area contributed by atoms with Crippen LogP contribution in [0.15, 0.2) is 65.7 Å². The van der Waals surface area contributed by atoms with Gasteiger partial charge in [-0.05, 0) is 23.1 Å². The lowest BCUT2D eigenvalue weighted by Gasteiger charge is -2.01. The summed E-state index contributed by atoms with van der Waals surface area (Å²) in [5.74, 6) is -0.983. The highest BCUT2D eigenvalue weighted by Crippen LogP contribution is 2.22. The molecular formula is C21H13N3O3. The molecule has 6 nitrogen and oxygen atoms in total. The second-order valence-corrected chi connectivity index (χ2v) is 6.29. The Bertz CT molecular complexity index is 1480. The third-order valence-electron chi connectivity index (χ3n) is 4.79. The number of aromatic nitrogens is 3. The Morgan fingerprint density at radius 2 is 1.81 bits per heavy atom. The smallest absolute Gasteiger partial charge is 0.336 e. The quantitative estimate of drug-likeness (QED) is 0.509. The Hall–Kier alpha value is -3.93. The molecule has 2 aromatic heterocycles. The van der Waals surface area contributed by atoms with E-state index in [1.54, 1.807) is 41.1 Å². The number of aromatic carboxylic acids is 1. The van der Waals surface area contributed by atoms with E-state index in [0.717, 1.165) is 21.5 Å². The summed E-state index contributed by atoms with van der Waals surface area (Å²) in [6.45, 7) is 0. The van der Waals surface area contributed by atoms with Crippen LogP contribution in [-0.4, -0.2) is 25.4 Å². The molecule has 0 spiro atoms. The van der Waals surface area contributed by atoms with E-state index in [1.165, 1.54) is 0 Å². The van der Waals surface area contributed by atoms with Crippen molar-refractivity contribution in [1.29, 1.82) is 0 Å². The number of benzene rings is 2. The summed E-state index contributed by atoms with van der Waals surface area (Å²) in [5, 5.41) is 12.2. The molecule has 0 aliphatic heterocycles. The standard InChI is InChI=1S/C21H13N3O3/c25-20-19-22-9-10-24(19)18-16(11-12-5-1-2-6-13(12)21(26)27)14-7-3-4-8-15(14)17(18)23-20/h1-11H,(H,23,25)(H,26,27)/b16-11-. The number of hydrogen-bond donors (Lipinski definition) is 2. The van der Waals surface area contributed by atoms with E-state index in [0.29, 0.717) is 16.7 Å². The summed E-state index contributed by atoms with van der Waals surface area (Å²) in [6, 6.07) is 14.6. The van der Waals surface area contributed by atoms with Gasteiger partial charge in [-0.3, -0.25) is 9.20 Å². The Labute approximate surface area is 152 Å². The fraction of sp³-hybridized carbons (Fsp3) is 0. The van der Waals surface area contributed by atoms with E-state index in [2.05, 4.69) is 9.97 Å². The van der Waals surface area contributed by atoms with Crippen LogP contribution in [0.2, 0.25) is 0 Å². The van der Waals surface area contributed by atoms with Gasteiger partial charge in [0.25, 0.3) is 5.56 Å². The maximum absolute atomic E-state index is 12.4. The van der Waals surface area contributed by atoms with Crippen molar-refractivity contribution in [3.8, 4) is 0 Å². The average molecular weight is 355 g/mol. The van der Waals surface area contributed by atoms with Crippen LogP contribution in [0.1, 0.15) is 15.9 Å². The van der Waals surface area contributed by atoms with E-state index in [-0.39, 0.29) is 11.1 Å². The van der Waals surface area contributed by atoms with Gasteiger partial charge in [-0.2, -0.15) is 0 Å². The van der Waals surface area contributed by atoms with Gasteiger partial charge in [0, 0.05) is 23.0 Å². The number of carboxylic acids is 1. The molecule has 0 fully saturated rings. The lowest BCUT2D eigenvalue weighted by atomic mass is 10.1. The molecule has 27 heavy (non-hydrogen) atoms. The van der Waals surface area contributed by atoms with Crippen molar-refractivity contribution in [2.24, 2.45) is 0 Å². The number of nitrogens with zero attached hydrogens (tertiary/aromatic N) is 2. The lowest BCUT2D eigenvalue weighted by molar-refractivity contribution is 0.0696. The normalized spacial score (nSPS) is 12.4. The summed E-state index contributed by atoms with van der Waals surface area (Å²) >= 11 is 0. The zero-order valence-corrected chi connectivity index (χ0v) is 14.0. The van der Waals surface area contributed by atoms with Gasteiger partial charge in [-0.15, -0.1) is 0 Å². The molecule has 0 saturated carbocycles. The van der Waals surface area contributed by atoms with Crippen LogP contribution in [0.3, 0.4) is 0 Å². The number of H-pyrrole nitrogens is 1. The molecule has 0 aliphatic carbocycles. The summed E-state index contributed by atoms with van der Waals surface area (Å²) in [7, 11) is 0. The zero-order valence-electron chi connectivity index (χ0n) is 14.0. The minimum Gasteiger partial charge on any atom is -0.478 e. The van der Waals surface area contributed by atoms with Crippen LogP contribution in [0.25, 0.3) is 33.5 Å². The number of imidazole rings is 1. The maximum atomic E-state index is 12.4. The van der Waals surface area contributed by atoms with Crippen LogP contribution in [0.4, 0.5) is 0 Å². The van der Waals surface area contributed by atoms with E-state index in [4.69, 9.17) is 0 Å². The second kappa shape index (κ2) is 5.54. The van der Waals surface area contributed by atoms with Crippen molar-refractivity contribution in [2.45, 2.75) is 0 Å². The lowest BCUT2D eigenvalue weighted by Crippen LogP contribution is -2.13. The fourth-order valence-electron chi connectivity index (χ4n) is 3.64. The van der Waals surface area contributed by atoms with Crippen LogP contribution in [0.5, 0.6) is 0 Å². The van der Waals surface area contributed by atoms with Crippen LogP contribution >= 0.6 is 0 Å². The number of fused-ring (bicyclic) bond motifs is 5. The third kappa shape index (κ3) is 2.17. The zero-order chi connectivity index (χ0) is 18.5. The first kappa shape index (κ1) is 15.3. The summed E-state index contributed by atoms with van der Waals surface area (Å²) in [6.07, 6.45) is 5.18. The molecule has 3 aromatic carbocycles. The number of rotatable bonds is 2. The molecular weight excluding hydrogens is 342 g/mol. The Morgan fingerprint density at radius 3 is 2.63 bits per heavy atom. The molecule has 5 rings (SSSR count). The largest absolute Gasteiger partial charge is 0.478 e. The topological polar surface area (TPSA) is 87.5 Å². The van der Waals surface area contributed by atoms with Gasteiger partial charge >= 0.3 is 5.97 Å². The van der Waals surface area contributed by atoms with Crippen LogP contribution < -0.4 is 10.8 Å². The van der Waals surface area contributed by atoms with Gasteiger partial charge < -0.3 is 10.1 Å². The minimum atomic E-state index is -0.983. The number of aromatic amines is 1. The Balaban J connectivity index is 2.05. The van der Waals surface area contributed by atoms with Crippen LogP contribution in [-0.2, 0) is 0 Å². The second-order valence-electron chi connectivity index (χ2n) is 6.29. The van der Waals surface area contributed by atoms with Crippen molar-refractivity contribution in [1.82, 2.24) is 14.4 Å². The van der Waals surface area contributed by atoms with E-state index in [9.17, 15) is 14.7 Å². The molecule has 6 heteroatoms. The summed E-state index contributed by atoms with van der Waals surface area (Å²) < 4.78 is 1.75. The predicted molar refractivity (Wildman–Crippen MR) is 103 cm³/mol. The van der Waals surface area contributed by atoms with E-state index < -0.39 is 5.97 Å². The molecule has 2 heterocycles. The van der Waals surface area contributed by atoms with Crippen molar-refractivity contribution in [3.05, 3.63) is 87.6 Å². The molecule has 0 bridgehead atoms. The number of carbonyl (C=O) groups is 1. The Morgan fingerprint density at radius 1 is 1.07 bits per heavy atom. The molecule has 130 valence electrons. The van der Waals surface area contributed by atoms with Crippen molar-refractivity contribution >= 4 is 39.5 Å². The van der Waals surface area contributed by atoms with Crippen molar-refractivity contribution < 1.29 is 9.90 Å². The molecule has 0 amide bonds. The number of nitrogens with one attached hydrogen (secondary N) is 1. The number of carboxylic acid groups (broad SMARTS) is 1. The molecule has 0 unspecified atom stereocenters. The highest BCUT2D eigenvalue weighted by molar-refractivity contribution is 6.10. The summed E-state index contributed by atoms with van der Waals surface area (Å²) in [4.78, 5) is 31.1. The Kier molecular flexibility index (Phi) is 3.14. The van der Waals surface area contributed by atoms with Gasteiger partial charge in [-0.25, -0.2) is 9.78 Å². The molecule has 2 N–H and O–H groups in total. The van der Waals surface area contributed by atoms with Crippen LogP contribution in [0, 0.1) is 0 Å². The van der Waals surface area contributed by atoms with Gasteiger partial charge in [0.15, 0.2) is 0 Å². The monoisotopic (exact) mass is 355 g/mol. The third-order valence-corrected chi connectivity index (χ3v) is 4.79. The highest BCUT2D eigenvalue weighted by Gasteiger charge is 2.14. The highest BCUT2D eigenvalue weighted by atomic mass is 16.4. The average Bonchev–Trinajstić information content (AvgIpc) is 3.27. The number of hydrogen-bond acceptors (Lipinski definition) is 3. The van der Waals surface area contributed by atoms with E-state index >= 15 is 0 Å². The van der Waals surface area contributed by atoms with Gasteiger partial charge in [0.05, 0.1) is 16.6 Å². The van der Waals surface area contributed by atoms with Crippen molar-refractivity contribution in [3.63, 3.8) is 0 Å². The van der Waals surface area contributed by atoms with Gasteiger partial charge in [-0.1, -0.05) is 42.5 Å². The predicted octanol–water partition coefficient (Wildman–Crippen LogP) is 2.57.